The van der Waals surface area contributed by atoms with Crippen molar-refractivity contribution in [1.82, 2.24) is 15.1 Å². The number of nitrogens with one attached hydrogen (secondary N) is 1. The Hall–Kier alpha value is -1.89. The Balaban J connectivity index is 1.80. The van der Waals surface area contributed by atoms with Gasteiger partial charge in [0.25, 0.3) is 5.91 Å². The molecule has 1 N–H and O–H groups in total. The number of piperidine rings is 1. The summed E-state index contributed by atoms with van der Waals surface area (Å²) in [6.45, 7) is 4.15. The van der Waals surface area contributed by atoms with Gasteiger partial charge in [-0.05, 0) is 39.2 Å². The average molecular weight is 408 g/mol. The van der Waals surface area contributed by atoms with Gasteiger partial charge in [-0.2, -0.15) is 0 Å². The second kappa shape index (κ2) is 6.78. The Morgan fingerprint density at radius 2 is 2.04 bits per heavy atom. The molecule has 1 aromatic carbocycles. The molecule has 2 aliphatic rings. The van der Waals surface area contributed by atoms with Crippen LogP contribution in [-0.4, -0.2) is 46.8 Å². The van der Waals surface area contributed by atoms with E-state index in [2.05, 4.69) is 21.2 Å². The Labute approximate surface area is 155 Å². The zero-order valence-electron chi connectivity index (χ0n) is 14.4. The van der Waals surface area contributed by atoms with Gasteiger partial charge >= 0.3 is 6.03 Å². The number of hydrogen-bond acceptors (Lipinski definition) is 3. The highest BCUT2D eigenvalue weighted by atomic mass is 79.9. The van der Waals surface area contributed by atoms with Crippen LogP contribution in [0.3, 0.4) is 0 Å². The Morgan fingerprint density at radius 3 is 2.72 bits per heavy atom. The summed E-state index contributed by atoms with van der Waals surface area (Å²) >= 11 is 3.43. The molecule has 6 nitrogen and oxygen atoms in total. The second-order valence-electron chi connectivity index (χ2n) is 6.86. The van der Waals surface area contributed by atoms with E-state index in [4.69, 9.17) is 0 Å². The summed E-state index contributed by atoms with van der Waals surface area (Å²) in [5.74, 6) is -0.575. The topological polar surface area (TPSA) is 69.7 Å². The van der Waals surface area contributed by atoms with Crippen molar-refractivity contribution in [3.63, 3.8) is 0 Å². The fourth-order valence-electron chi connectivity index (χ4n) is 3.58. The highest BCUT2D eigenvalue weighted by Gasteiger charge is 2.50. The molecule has 0 aromatic heterocycles. The molecule has 2 unspecified atom stereocenters. The lowest BCUT2D eigenvalue weighted by atomic mass is 9.92. The number of imide groups is 1. The zero-order chi connectivity index (χ0) is 18.2. The monoisotopic (exact) mass is 407 g/mol. The van der Waals surface area contributed by atoms with Gasteiger partial charge < -0.3 is 10.2 Å². The number of hydrogen-bond donors (Lipinski definition) is 1. The van der Waals surface area contributed by atoms with Gasteiger partial charge in [-0.15, -0.1) is 0 Å². The SMILES string of the molecule is CC1CCCCN1C(=O)CN1C(=O)NC(C)(c2ccccc2Br)C1=O. The first-order valence-electron chi connectivity index (χ1n) is 8.53. The quantitative estimate of drug-likeness (QED) is 0.782. The maximum absolute atomic E-state index is 12.9. The molecule has 2 fully saturated rings. The smallest absolute Gasteiger partial charge is 0.325 e. The molecule has 2 saturated heterocycles. The third kappa shape index (κ3) is 3.17. The first-order chi connectivity index (χ1) is 11.8. The lowest BCUT2D eigenvalue weighted by molar-refractivity contribution is -0.140. The summed E-state index contributed by atoms with van der Waals surface area (Å²) in [5, 5.41) is 2.74. The minimum absolute atomic E-state index is 0.150. The van der Waals surface area contributed by atoms with E-state index in [9.17, 15) is 14.4 Å². The number of urea groups is 1. The van der Waals surface area contributed by atoms with Crippen molar-refractivity contribution in [3.05, 3.63) is 34.3 Å². The number of carbonyl (C=O) groups excluding carboxylic acids is 3. The minimum atomic E-state index is -1.18. The highest BCUT2D eigenvalue weighted by molar-refractivity contribution is 9.10. The van der Waals surface area contributed by atoms with E-state index < -0.39 is 17.5 Å². The molecule has 2 aliphatic heterocycles. The van der Waals surface area contributed by atoms with Crippen LogP contribution in [0, 0.1) is 0 Å². The average Bonchev–Trinajstić information content (AvgIpc) is 2.79. The fourth-order valence-corrected chi connectivity index (χ4v) is 4.27. The number of amides is 4. The molecule has 7 heteroatoms. The van der Waals surface area contributed by atoms with Crippen molar-refractivity contribution in [2.24, 2.45) is 0 Å². The minimum Gasteiger partial charge on any atom is -0.338 e. The lowest BCUT2D eigenvalue weighted by Crippen LogP contribution is -2.48. The van der Waals surface area contributed by atoms with Gasteiger partial charge in [-0.1, -0.05) is 34.1 Å². The van der Waals surface area contributed by atoms with E-state index in [-0.39, 0.29) is 18.5 Å². The molecule has 134 valence electrons. The number of halogens is 1. The molecule has 0 radical (unpaired) electrons. The van der Waals surface area contributed by atoms with Crippen molar-refractivity contribution >= 4 is 33.8 Å². The Kier molecular flexibility index (Phi) is 4.86. The van der Waals surface area contributed by atoms with E-state index in [1.165, 1.54) is 0 Å². The first-order valence-corrected chi connectivity index (χ1v) is 9.32. The molecule has 2 atom stereocenters. The summed E-state index contributed by atoms with van der Waals surface area (Å²) in [6, 6.07) is 6.90. The molecule has 1 aromatic rings. The van der Waals surface area contributed by atoms with Crippen LogP contribution in [0.15, 0.2) is 28.7 Å². The van der Waals surface area contributed by atoms with E-state index in [0.29, 0.717) is 12.1 Å². The third-order valence-corrected chi connectivity index (χ3v) is 5.80. The molecule has 25 heavy (non-hydrogen) atoms. The van der Waals surface area contributed by atoms with Gasteiger partial charge in [0, 0.05) is 22.6 Å². The van der Waals surface area contributed by atoms with Crippen molar-refractivity contribution in [2.75, 3.05) is 13.1 Å². The van der Waals surface area contributed by atoms with E-state index >= 15 is 0 Å². The van der Waals surface area contributed by atoms with Crippen molar-refractivity contribution in [2.45, 2.75) is 44.7 Å². The second-order valence-corrected chi connectivity index (χ2v) is 7.71. The van der Waals surface area contributed by atoms with Crippen LogP contribution >= 0.6 is 15.9 Å². The highest BCUT2D eigenvalue weighted by Crippen LogP contribution is 2.33. The van der Waals surface area contributed by atoms with Crippen LogP contribution in [0.1, 0.15) is 38.7 Å². The molecule has 2 heterocycles. The number of benzene rings is 1. The van der Waals surface area contributed by atoms with Gasteiger partial charge in [0.1, 0.15) is 12.1 Å². The molecule has 0 aliphatic carbocycles. The molecule has 0 bridgehead atoms. The molecule has 3 rings (SSSR count). The van der Waals surface area contributed by atoms with Crippen molar-refractivity contribution in [3.8, 4) is 0 Å². The maximum Gasteiger partial charge on any atom is 0.325 e. The van der Waals surface area contributed by atoms with Gasteiger partial charge in [-0.25, -0.2) is 4.79 Å². The summed E-state index contributed by atoms with van der Waals surface area (Å²) in [6.07, 6.45) is 3.03. The van der Waals surface area contributed by atoms with Gasteiger partial charge in [0.05, 0.1) is 0 Å². The summed E-state index contributed by atoms with van der Waals surface area (Å²) < 4.78 is 0.740. The van der Waals surface area contributed by atoms with Crippen molar-refractivity contribution < 1.29 is 14.4 Å². The van der Waals surface area contributed by atoms with Gasteiger partial charge in [0.2, 0.25) is 5.91 Å². The standard InChI is InChI=1S/C18H22BrN3O3/c1-12-7-5-6-10-21(12)15(23)11-22-16(24)18(2,20-17(22)25)13-8-3-4-9-14(13)19/h3-4,8-9,12H,5-7,10-11H2,1-2H3,(H,20,25). The normalized spacial score (nSPS) is 26.8. The molecule has 0 saturated carbocycles. The summed E-state index contributed by atoms with van der Waals surface area (Å²) in [4.78, 5) is 40.8. The predicted octanol–water partition coefficient (Wildman–Crippen LogP) is 2.62. The Morgan fingerprint density at radius 1 is 1.32 bits per heavy atom. The third-order valence-electron chi connectivity index (χ3n) is 5.10. The van der Waals surface area contributed by atoms with E-state index in [1.807, 2.05) is 25.1 Å². The number of nitrogens with zero attached hydrogens (tertiary/aromatic N) is 2. The van der Waals surface area contributed by atoms with Gasteiger partial charge in [0.15, 0.2) is 0 Å². The molecule has 0 spiro atoms. The zero-order valence-corrected chi connectivity index (χ0v) is 16.0. The van der Waals surface area contributed by atoms with Crippen molar-refractivity contribution in [1.29, 1.82) is 0 Å². The maximum atomic E-state index is 12.9. The van der Waals surface area contributed by atoms with Crippen LogP contribution in [0.2, 0.25) is 0 Å². The molecule has 4 amide bonds. The summed E-state index contributed by atoms with van der Waals surface area (Å²) in [7, 11) is 0. The predicted molar refractivity (Wildman–Crippen MR) is 96.8 cm³/mol. The number of carbonyl (C=O) groups is 3. The van der Waals surface area contributed by atoms with E-state index in [1.54, 1.807) is 17.9 Å². The fraction of sp³-hybridized carbons (Fsp3) is 0.500. The first kappa shape index (κ1) is 17.9. The van der Waals surface area contributed by atoms with Crippen LogP contribution < -0.4 is 5.32 Å². The number of likely N-dealkylation sites (tertiary alicyclic amines) is 1. The largest absolute Gasteiger partial charge is 0.338 e. The summed E-state index contributed by atoms with van der Waals surface area (Å²) in [5.41, 5.74) is -0.500. The van der Waals surface area contributed by atoms with Crippen LogP contribution in [0.25, 0.3) is 0 Å². The molecular formula is C18H22BrN3O3. The van der Waals surface area contributed by atoms with Crippen LogP contribution in [0.4, 0.5) is 4.79 Å². The Bertz CT molecular complexity index is 723. The van der Waals surface area contributed by atoms with E-state index in [0.717, 1.165) is 28.6 Å². The number of rotatable bonds is 3. The van der Waals surface area contributed by atoms with Crippen LogP contribution in [-0.2, 0) is 15.1 Å². The molecular weight excluding hydrogens is 386 g/mol. The van der Waals surface area contributed by atoms with Gasteiger partial charge in [-0.3, -0.25) is 14.5 Å². The lowest BCUT2D eigenvalue weighted by Gasteiger charge is -2.34. The van der Waals surface area contributed by atoms with Crippen LogP contribution in [0.5, 0.6) is 0 Å².